The Morgan fingerprint density at radius 1 is 1.55 bits per heavy atom. The van der Waals surface area contributed by atoms with E-state index in [4.69, 9.17) is 0 Å². The van der Waals surface area contributed by atoms with E-state index in [0.717, 1.165) is 6.42 Å². The Labute approximate surface area is 69.5 Å². The van der Waals surface area contributed by atoms with Gasteiger partial charge in [0.2, 0.25) is 0 Å². The molecule has 0 aliphatic carbocycles. The van der Waals surface area contributed by atoms with Crippen LogP contribution >= 0.6 is 0 Å². The van der Waals surface area contributed by atoms with Crippen LogP contribution in [0, 0.1) is 5.92 Å². The van der Waals surface area contributed by atoms with E-state index in [1.165, 1.54) is 5.71 Å². The lowest BCUT2D eigenvalue weighted by Crippen LogP contribution is -1.96. The van der Waals surface area contributed by atoms with E-state index in [1.807, 2.05) is 13.0 Å². The molecule has 0 rings (SSSR count). The maximum absolute atomic E-state index is 4.22. The lowest BCUT2D eigenvalue weighted by atomic mass is 10.1. The monoisotopic (exact) mass is 151 g/mol. The van der Waals surface area contributed by atoms with Crippen LogP contribution in [0.4, 0.5) is 0 Å². The Hall–Kier alpha value is -0.850. The van der Waals surface area contributed by atoms with Crippen LogP contribution in [-0.2, 0) is 0 Å². The molecule has 0 spiro atoms. The summed E-state index contributed by atoms with van der Waals surface area (Å²) in [7, 11) is 0. The number of allylic oxidation sites excluding steroid dienone is 2. The van der Waals surface area contributed by atoms with Gasteiger partial charge in [-0.25, -0.2) is 0 Å². The normalized spacial score (nSPS) is 12.9. The van der Waals surface area contributed by atoms with E-state index >= 15 is 0 Å². The van der Waals surface area contributed by atoms with Gasteiger partial charge in [-0.05, 0) is 25.3 Å². The standard InChI is InChI=1S/C10H17N/c1-5-6-7-11-10(4)8-9(2)3/h5-7,9H,1,8H2,2-4H3/b7-6-,11-10+. The molecule has 0 N–H and O–H groups in total. The molecule has 0 aliphatic heterocycles. The highest BCUT2D eigenvalue weighted by Crippen LogP contribution is 2.01. The van der Waals surface area contributed by atoms with Gasteiger partial charge in [-0.3, -0.25) is 4.99 Å². The average Bonchev–Trinajstić information content (AvgIpc) is 1.86. The predicted molar refractivity (Wildman–Crippen MR) is 51.9 cm³/mol. The molecular weight excluding hydrogens is 134 g/mol. The molecule has 0 heterocycles. The molecule has 0 aromatic carbocycles. The zero-order valence-corrected chi connectivity index (χ0v) is 7.67. The zero-order chi connectivity index (χ0) is 8.69. The molecule has 1 heteroatoms. The molecule has 11 heavy (non-hydrogen) atoms. The van der Waals surface area contributed by atoms with Crippen molar-refractivity contribution in [2.24, 2.45) is 10.9 Å². The van der Waals surface area contributed by atoms with Crippen LogP contribution < -0.4 is 0 Å². The van der Waals surface area contributed by atoms with Gasteiger partial charge in [0, 0.05) is 11.9 Å². The van der Waals surface area contributed by atoms with E-state index in [9.17, 15) is 0 Å². The minimum atomic E-state index is 0.691. The molecule has 0 atom stereocenters. The highest BCUT2D eigenvalue weighted by atomic mass is 14.7. The number of rotatable bonds is 4. The summed E-state index contributed by atoms with van der Waals surface area (Å²) in [5, 5.41) is 0. The summed E-state index contributed by atoms with van der Waals surface area (Å²) >= 11 is 0. The van der Waals surface area contributed by atoms with Gasteiger partial charge in [0.1, 0.15) is 0 Å². The molecule has 0 aromatic rings. The van der Waals surface area contributed by atoms with Crippen molar-refractivity contribution in [1.82, 2.24) is 0 Å². The fourth-order valence-corrected chi connectivity index (χ4v) is 0.875. The molecule has 0 saturated carbocycles. The highest BCUT2D eigenvalue weighted by molar-refractivity contribution is 5.82. The molecule has 0 aliphatic rings. The van der Waals surface area contributed by atoms with Crippen LogP contribution in [0.3, 0.4) is 0 Å². The Balaban J connectivity index is 3.80. The van der Waals surface area contributed by atoms with E-state index in [-0.39, 0.29) is 0 Å². The fraction of sp³-hybridized carbons (Fsp3) is 0.500. The predicted octanol–water partition coefficient (Wildman–Crippen LogP) is 3.19. The first kappa shape index (κ1) is 10.2. The Bertz CT molecular complexity index is 164. The summed E-state index contributed by atoms with van der Waals surface area (Å²) in [6.45, 7) is 9.99. The second kappa shape index (κ2) is 5.90. The molecule has 0 radical (unpaired) electrons. The van der Waals surface area contributed by atoms with Gasteiger partial charge in [-0.1, -0.05) is 26.5 Å². The molecule has 0 aromatic heterocycles. The Morgan fingerprint density at radius 2 is 2.18 bits per heavy atom. The third-order valence-corrected chi connectivity index (χ3v) is 1.22. The second-order valence-electron chi connectivity index (χ2n) is 3.04. The first-order valence-electron chi connectivity index (χ1n) is 3.97. The summed E-state index contributed by atoms with van der Waals surface area (Å²) < 4.78 is 0. The van der Waals surface area contributed by atoms with Gasteiger partial charge in [-0.15, -0.1) is 0 Å². The minimum Gasteiger partial charge on any atom is -0.266 e. The van der Waals surface area contributed by atoms with Gasteiger partial charge >= 0.3 is 0 Å². The van der Waals surface area contributed by atoms with Gasteiger partial charge in [0.25, 0.3) is 0 Å². The van der Waals surface area contributed by atoms with Crippen LogP contribution in [0.2, 0.25) is 0 Å². The lowest BCUT2D eigenvalue weighted by Gasteiger charge is -2.01. The number of hydrogen-bond acceptors (Lipinski definition) is 1. The lowest BCUT2D eigenvalue weighted by molar-refractivity contribution is 0.682. The van der Waals surface area contributed by atoms with E-state index in [1.54, 1.807) is 12.3 Å². The molecule has 0 fully saturated rings. The van der Waals surface area contributed by atoms with E-state index < -0.39 is 0 Å². The number of aliphatic imine (C=N–C) groups is 1. The first-order valence-corrected chi connectivity index (χ1v) is 3.97. The van der Waals surface area contributed by atoms with Gasteiger partial charge < -0.3 is 0 Å². The molecule has 0 unspecified atom stereocenters. The second-order valence-corrected chi connectivity index (χ2v) is 3.04. The summed E-state index contributed by atoms with van der Waals surface area (Å²) in [5.74, 6) is 0.691. The van der Waals surface area contributed by atoms with Crippen molar-refractivity contribution in [2.75, 3.05) is 0 Å². The van der Waals surface area contributed by atoms with Crippen molar-refractivity contribution >= 4 is 5.71 Å². The van der Waals surface area contributed by atoms with Crippen molar-refractivity contribution in [3.63, 3.8) is 0 Å². The van der Waals surface area contributed by atoms with Gasteiger partial charge in [0.05, 0.1) is 0 Å². The van der Waals surface area contributed by atoms with Gasteiger partial charge in [-0.2, -0.15) is 0 Å². The highest BCUT2D eigenvalue weighted by Gasteiger charge is 1.94. The van der Waals surface area contributed by atoms with E-state index in [0.29, 0.717) is 5.92 Å². The fourth-order valence-electron chi connectivity index (χ4n) is 0.875. The zero-order valence-electron chi connectivity index (χ0n) is 7.67. The molecule has 0 amide bonds. The Morgan fingerprint density at radius 3 is 2.64 bits per heavy atom. The summed E-state index contributed by atoms with van der Waals surface area (Å²) in [5.41, 5.74) is 1.18. The maximum Gasteiger partial charge on any atom is 0.0266 e. The Kier molecular flexibility index (Phi) is 5.44. The summed E-state index contributed by atoms with van der Waals surface area (Å²) in [6, 6.07) is 0. The number of nitrogens with zero attached hydrogens (tertiary/aromatic N) is 1. The van der Waals surface area contributed by atoms with Crippen molar-refractivity contribution in [3.8, 4) is 0 Å². The third-order valence-electron chi connectivity index (χ3n) is 1.22. The quantitative estimate of drug-likeness (QED) is 0.432. The first-order chi connectivity index (χ1) is 5.16. The molecular formula is C10H17N. The van der Waals surface area contributed by atoms with Crippen LogP contribution in [0.5, 0.6) is 0 Å². The smallest absolute Gasteiger partial charge is 0.0266 e. The number of hydrogen-bond donors (Lipinski definition) is 0. The van der Waals surface area contributed by atoms with Crippen molar-refractivity contribution in [1.29, 1.82) is 0 Å². The minimum absolute atomic E-state index is 0.691. The van der Waals surface area contributed by atoms with Crippen molar-refractivity contribution in [2.45, 2.75) is 27.2 Å². The van der Waals surface area contributed by atoms with Crippen molar-refractivity contribution in [3.05, 3.63) is 24.9 Å². The van der Waals surface area contributed by atoms with Crippen LogP contribution in [-0.4, -0.2) is 5.71 Å². The van der Waals surface area contributed by atoms with E-state index in [2.05, 4.69) is 25.4 Å². The molecule has 1 nitrogen and oxygen atoms in total. The van der Waals surface area contributed by atoms with Gasteiger partial charge in [0.15, 0.2) is 0 Å². The largest absolute Gasteiger partial charge is 0.266 e. The average molecular weight is 151 g/mol. The van der Waals surface area contributed by atoms with Crippen LogP contribution in [0.25, 0.3) is 0 Å². The molecule has 0 bridgehead atoms. The van der Waals surface area contributed by atoms with Crippen molar-refractivity contribution < 1.29 is 0 Å². The topological polar surface area (TPSA) is 12.4 Å². The van der Waals surface area contributed by atoms with Crippen LogP contribution in [0.15, 0.2) is 29.9 Å². The third kappa shape index (κ3) is 7.04. The summed E-state index contributed by atoms with van der Waals surface area (Å²) in [4.78, 5) is 4.22. The van der Waals surface area contributed by atoms with Crippen LogP contribution in [0.1, 0.15) is 27.2 Å². The SMILES string of the molecule is C=C/C=C\N=C(/C)CC(C)C. The maximum atomic E-state index is 4.22. The summed E-state index contributed by atoms with van der Waals surface area (Å²) in [6.07, 6.45) is 6.42. The molecule has 62 valence electrons. The molecule has 0 saturated heterocycles.